The van der Waals surface area contributed by atoms with Crippen LogP contribution in [0.5, 0.6) is 11.5 Å². The van der Waals surface area contributed by atoms with Gasteiger partial charge in [-0.25, -0.2) is 5.43 Å². The molecule has 0 unspecified atom stereocenters. The fourth-order valence-electron chi connectivity index (χ4n) is 2.72. The van der Waals surface area contributed by atoms with Gasteiger partial charge in [-0.2, -0.15) is 10.2 Å². The zero-order valence-corrected chi connectivity index (χ0v) is 16.5. The van der Waals surface area contributed by atoms with Crippen molar-refractivity contribution >= 4 is 23.7 Å². The van der Waals surface area contributed by atoms with Gasteiger partial charge in [0.15, 0.2) is 0 Å². The normalized spacial score (nSPS) is 10.8. The number of nitrogens with one attached hydrogen (secondary N) is 2. The Labute approximate surface area is 178 Å². The van der Waals surface area contributed by atoms with Gasteiger partial charge >= 0.3 is 0 Å². The van der Waals surface area contributed by atoms with Crippen LogP contribution in [0.4, 0.5) is 0 Å². The highest BCUT2D eigenvalue weighted by Crippen LogP contribution is 2.22. The monoisotopic (exact) mass is 416 g/mol. The Morgan fingerprint density at radius 2 is 1.73 bits per heavy atom. The van der Waals surface area contributed by atoms with Gasteiger partial charge in [0.1, 0.15) is 17.2 Å². The molecule has 4 rings (SSSR count). The van der Waals surface area contributed by atoms with Crippen LogP contribution < -0.4 is 10.2 Å². The molecular weight excluding hydrogens is 400 g/mol. The molecule has 3 aromatic carbocycles. The van der Waals surface area contributed by atoms with Crippen LogP contribution in [-0.4, -0.2) is 22.3 Å². The molecule has 148 valence electrons. The van der Waals surface area contributed by atoms with Gasteiger partial charge in [0.05, 0.1) is 11.9 Å². The Morgan fingerprint density at radius 3 is 2.53 bits per heavy atom. The number of ether oxygens (including phenoxy) is 1. The summed E-state index contributed by atoms with van der Waals surface area (Å²) in [5.41, 5.74) is 5.08. The third-order valence-corrected chi connectivity index (χ3v) is 4.43. The highest BCUT2D eigenvalue weighted by Gasteiger charge is 2.10. The van der Waals surface area contributed by atoms with Gasteiger partial charge in [0.2, 0.25) is 0 Å². The standard InChI is InChI=1S/C23H17ClN4O2/c24-18-11-9-17(10-12-18)21-14-22(27-26-21)23(29)28-25-15-16-5-4-8-20(13-16)30-19-6-2-1-3-7-19/h1-15H,(H,26,27)(H,28,29). The second-order valence-corrected chi connectivity index (χ2v) is 6.80. The summed E-state index contributed by atoms with van der Waals surface area (Å²) < 4.78 is 5.80. The molecule has 0 atom stereocenters. The third-order valence-electron chi connectivity index (χ3n) is 4.18. The fourth-order valence-corrected chi connectivity index (χ4v) is 2.84. The number of para-hydroxylation sites is 1. The Balaban J connectivity index is 1.38. The van der Waals surface area contributed by atoms with Crippen LogP contribution in [0, 0.1) is 0 Å². The molecule has 0 bridgehead atoms. The van der Waals surface area contributed by atoms with Crippen molar-refractivity contribution in [1.29, 1.82) is 0 Å². The number of aromatic nitrogens is 2. The molecule has 4 aromatic rings. The van der Waals surface area contributed by atoms with Crippen molar-refractivity contribution < 1.29 is 9.53 Å². The molecule has 1 aromatic heterocycles. The number of amides is 1. The average Bonchev–Trinajstić information content (AvgIpc) is 3.26. The van der Waals surface area contributed by atoms with Crippen LogP contribution >= 0.6 is 11.6 Å². The van der Waals surface area contributed by atoms with Crippen LogP contribution in [0.3, 0.4) is 0 Å². The lowest BCUT2D eigenvalue weighted by Gasteiger charge is -2.05. The first-order valence-electron chi connectivity index (χ1n) is 9.15. The van der Waals surface area contributed by atoms with Crippen molar-refractivity contribution in [2.45, 2.75) is 0 Å². The first-order chi connectivity index (χ1) is 14.7. The lowest BCUT2D eigenvalue weighted by Crippen LogP contribution is -2.18. The first kappa shape index (κ1) is 19.4. The van der Waals surface area contributed by atoms with E-state index >= 15 is 0 Å². The van der Waals surface area contributed by atoms with E-state index in [4.69, 9.17) is 16.3 Å². The predicted octanol–water partition coefficient (Wildman–Crippen LogP) is 5.29. The zero-order chi connectivity index (χ0) is 20.8. The highest BCUT2D eigenvalue weighted by molar-refractivity contribution is 6.30. The molecule has 0 spiro atoms. The Kier molecular flexibility index (Phi) is 5.87. The summed E-state index contributed by atoms with van der Waals surface area (Å²) in [6.45, 7) is 0. The van der Waals surface area contributed by atoms with Crippen LogP contribution in [0.25, 0.3) is 11.3 Å². The summed E-state index contributed by atoms with van der Waals surface area (Å²) in [4.78, 5) is 12.3. The Bertz CT molecular complexity index is 1170. The molecule has 1 heterocycles. The molecule has 0 aliphatic heterocycles. The lowest BCUT2D eigenvalue weighted by atomic mass is 10.1. The molecule has 0 aliphatic rings. The van der Waals surface area contributed by atoms with E-state index in [1.54, 1.807) is 24.4 Å². The molecule has 0 fully saturated rings. The maximum Gasteiger partial charge on any atom is 0.289 e. The van der Waals surface area contributed by atoms with E-state index in [0.717, 1.165) is 16.9 Å². The molecular formula is C23H17ClN4O2. The number of carbonyl (C=O) groups excluding carboxylic acids is 1. The van der Waals surface area contributed by atoms with E-state index in [2.05, 4.69) is 20.7 Å². The van der Waals surface area contributed by atoms with Crippen molar-refractivity contribution in [3.8, 4) is 22.8 Å². The number of nitrogens with zero attached hydrogens (tertiary/aromatic N) is 2. The first-order valence-corrected chi connectivity index (χ1v) is 9.53. The number of hydrazone groups is 1. The van der Waals surface area contributed by atoms with Gasteiger partial charge in [-0.1, -0.05) is 54.1 Å². The SMILES string of the molecule is O=C(NN=Cc1cccc(Oc2ccccc2)c1)c1cc(-c2ccc(Cl)cc2)n[nH]1. The quantitative estimate of drug-likeness (QED) is 0.331. The van der Waals surface area contributed by atoms with E-state index in [1.807, 2.05) is 66.7 Å². The van der Waals surface area contributed by atoms with Crippen molar-refractivity contribution in [2.75, 3.05) is 0 Å². The second-order valence-electron chi connectivity index (χ2n) is 6.36. The summed E-state index contributed by atoms with van der Waals surface area (Å²) in [7, 11) is 0. The molecule has 30 heavy (non-hydrogen) atoms. The van der Waals surface area contributed by atoms with Crippen LogP contribution in [0.15, 0.2) is 90.0 Å². The lowest BCUT2D eigenvalue weighted by molar-refractivity contribution is 0.0950. The minimum atomic E-state index is -0.393. The maximum atomic E-state index is 12.3. The minimum Gasteiger partial charge on any atom is -0.457 e. The molecule has 1 amide bonds. The van der Waals surface area contributed by atoms with E-state index in [0.29, 0.717) is 22.2 Å². The molecule has 7 heteroatoms. The number of halogens is 1. The highest BCUT2D eigenvalue weighted by atomic mass is 35.5. The topological polar surface area (TPSA) is 79.4 Å². The second kappa shape index (κ2) is 9.07. The van der Waals surface area contributed by atoms with Gasteiger partial charge in [-0.15, -0.1) is 0 Å². The molecule has 0 saturated carbocycles. The van der Waals surface area contributed by atoms with Gasteiger partial charge in [0, 0.05) is 10.6 Å². The summed E-state index contributed by atoms with van der Waals surface area (Å²) in [5, 5.41) is 11.5. The van der Waals surface area contributed by atoms with Crippen molar-refractivity contribution in [2.24, 2.45) is 5.10 Å². The molecule has 6 nitrogen and oxygen atoms in total. The number of rotatable bonds is 6. The van der Waals surface area contributed by atoms with Gasteiger partial charge < -0.3 is 4.74 Å². The van der Waals surface area contributed by atoms with Crippen molar-refractivity contribution in [3.05, 3.63) is 101 Å². The number of benzene rings is 3. The van der Waals surface area contributed by atoms with Crippen LogP contribution in [0.1, 0.15) is 16.1 Å². The van der Waals surface area contributed by atoms with Crippen LogP contribution in [0.2, 0.25) is 5.02 Å². The van der Waals surface area contributed by atoms with Crippen molar-refractivity contribution in [1.82, 2.24) is 15.6 Å². The zero-order valence-electron chi connectivity index (χ0n) is 15.7. The average molecular weight is 417 g/mol. The van der Waals surface area contributed by atoms with Gasteiger partial charge in [0.25, 0.3) is 5.91 Å². The summed E-state index contributed by atoms with van der Waals surface area (Å²) in [6, 6.07) is 25.8. The number of hydrogen-bond donors (Lipinski definition) is 2. The van der Waals surface area contributed by atoms with E-state index < -0.39 is 5.91 Å². The smallest absolute Gasteiger partial charge is 0.289 e. The summed E-state index contributed by atoms with van der Waals surface area (Å²) in [5.74, 6) is 1.03. The van der Waals surface area contributed by atoms with E-state index in [1.165, 1.54) is 0 Å². The number of hydrogen-bond acceptors (Lipinski definition) is 4. The summed E-state index contributed by atoms with van der Waals surface area (Å²) in [6.07, 6.45) is 1.55. The third kappa shape index (κ3) is 4.92. The van der Waals surface area contributed by atoms with E-state index in [9.17, 15) is 4.79 Å². The van der Waals surface area contributed by atoms with E-state index in [-0.39, 0.29) is 0 Å². The Morgan fingerprint density at radius 1 is 0.967 bits per heavy atom. The minimum absolute atomic E-state index is 0.304. The Hall–Kier alpha value is -3.90. The van der Waals surface area contributed by atoms with Crippen LogP contribution in [-0.2, 0) is 0 Å². The van der Waals surface area contributed by atoms with Gasteiger partial charge in [-0.3, -0.25) is 9.89 Å². The molecule has 0 radical (unpaired) electrons. The largest absolute Gasteiger partial charge is 0.457 e. The maximum absolute atomic E-state index is 12.3. The fraction of sp³-hybridized carbons (Fsp3) is 0. The number of aromatic amines is 1. The molecule has 2 N–H and O–H groups in total. The predicted molar refractivity (Wildman–Crippen MR) is 117 cm³/mol. The van der Waals surface area contributed by atoms with Crippen molar-refractivity contribution in [3.63, 3.8) is 0 Å². The summed E-state index contributed by atoms with van der Waals surface area (Å²) >= 11 is 5.90. The molecule has 0 aliphatic carbocycles. The number of carbonyl (C=O) groups is 1. The van der Waals surface area contributed by atoms with Gasteiger partial charge in [-0.05, 0) is 48.0 Å². The molecule has 0 saturated heterocycles. The number of H-pyrrole nitrogens is 1.